The fourth-order valence-electron chi connectivity index (χ4n) is 2.88. The molecule has 120 valence electrons. The molecule has 2 atom stereocenters. The number of para-hydroxylation sites is 2. The summed E-state index contributed by atoms with van der Waals surface area (Å²) in [6.07, 6.45) is 1.91. The molecule has 2 N–H and O–H groups in total. The van der Waals surface area contributed by atoms with Crippen LogP contribution in [-0.2, 0) is 0 Å². The van der Waals surface area contributed by atoms with E-state index in [4.69, 9.17) is 4.74 Å². The van der Waals surface area contributed by atoms with Crippen LogP contribution in [0.1, 0.15) is 30.1 Å². The highest BCUT2D eigenvalue weighted by Gasteiger charge is 2.22. The van der Waals surface area contributed by atoms with Gasteiger partial charge in [0.1, 0.15) is 11.5 Å². The number of rotatable bonds is 4. The largest absolute Gasteiger partial charge is 0.457 e. The number of carbonyl (C=O) groups is 1. The van der Waals surface area contributed by atoms with E-state index in [0.29, 0.717) is 17.4 Å². The van der Waals surface area contributed by atoms with E-state index >= 15 is 0 Å². The van der Waals surface area contributed by atoms with Crippen LogP contribution in [0, 0.1) is 0 Å². The maximum atomic E-state index is 12.6. The average Bonchev–Trinajstić information content (AvgIpc) is 2.56. The van der Waals surface area contributed by atoms with Gasteiger partial charge in [0, 0.05) is 12.1 Å². The first-order valence-electron chi connectivity index (χ1n) is 8.08. The second kappa shape index (κ2) is 7.29. The van der Waals surface area contributed by atoms with Crippen LogP contribution in [0.5, 0.6) is 11.5 Å². The summed E-state index contributed by atoms with van der Waals surface area (Å²) in [7, 11) is 0. The van der Waals surface area contributed by atoms with Crippen LogP contribution in [-0.4, -0.2) is 24.5 Å². The third-order valence-corrected chi connectivity index (χ3v) is 4.06. The molecule has 0 bridgehead atoms. The van der Waals surface area contributed by atoms with Crippen LogP contribution in [0.3, 0.4) is 0 Å². The third kappa shape index (κ3) is 4.11. The van der Waals surface area contributed by atoms with E-state index in [1.807, 2.05) is 48.5 Å². The van der Waals surface area contributed by atoms with E-state index < -0.39 is 0 Å². The van der Waals surface area contributed by atoms with Crippen LogP contribution < -0.4 is 15.4 Å². The molecule has 1 amide bonds. The normalized spacial score (nSPS) is 20.7. The summed E-state index contributed by atoms with van der Waals surface area (Å²) in [4.78, 5) is 12.6. The van der Waals surface area contributed by atoms with Gasteiger partial charge in [-0.05, 0) is 50.6 Å². The van der Waals surface area contributed by atoms with E-state index in [1.165, 1.54) is 0 Å². The molecule has 4 heteroatoms. The van der Waals surface area contributed by atoms with Gasteiger partial charge in [-0.3, -0.25) is 4.79 Å². The molecule has 0 spiro atoms. The number of amides is 1. The third-order valence-electron chi connectivity index (χ3n) is 4.06. The Hall–Kier alpha value is -2.33. The van der Waals surface area contributed by atoms with Gasteiger partial charge in [-0.2, -0.15) is 0 Å². The molecule has 0 aromatic heterocycles. The standard InChI is InChI=1S/C19H22N2O2/c1-14-13-15(11-12-20-14)21-19(22)17-9-5-6-10-18(17)23-16-7-3-2-4-8-16/h2-10,14-15,20H,11-13H2,1H3,(H,21,22). The van der Waals surface area contributed by atoms with Gasteiger partial charge in [0.05, 0.1) is 5.56 Å². The van der Waals surface area contributed by atoms with Crippen LogP contribution in [0.25, 0.3) is 0 Å². The summed E-state index contributed by atoms with van der Waals surface area (Å²) < 4.78 is 5.87. The molecule has 0 aliphatic carbocycles. The minimum atomic E-state index is -0.0735. The Morgan fingerprint density at radius 1 is 1.13 bits per heavy atom. The molecule has 1 fully saturated rings. The van der Waals surface area contributed by atoms with Crippen molar-refractivity contribution in [1.82, 2.24) is 10.6 Å². The lowest BCUT2D eigenvalue weighted by Gasteiger charge is -2.28. The zero-order chi connectivity index (χ0) is 16.1. The summed E-state index contributed by atoms with van der Waals surface area (Å²) in [6, 6.07) is 17.5. The summed E-state index contributed by atoms with van der Waals surface area (Å²) in [5.74, 6) is 1.23. The fourth-order valence-corrected chi connectivity index (χ4v) is 2.88. The summed E-state index contributed by atoms with van der Waals surface area (Å²) in [5, 5.41) is 6.53. The highest BCUT2D eigenvalue weighted by Crippen LogP contribution is 2.25. The lowest BCUT2D eigenvalue weighted by molar-refractivity contribution is 0.0923. The smallest absolute Gasteiger partial charge is 0.255 e. The van der Waals surface area contributed by atoms with Crippen molar-refractivity contribution in [2.45, 2.75) is 31.8 Å². The number of piperidine rings is 1. The predicted octanol–water partition coefficient (Wildman–Crippen LogP) is 3.35. The molecule has 2 aromatic rings. The first kappa shape index (κ1) is 15.6. The first-order chi connectivity index (χ1) is 11.2. The summed E-state index contributed by atoms with van der Waals surface area (Å²) >= 11 is 0. The zero-order valence-corrected chi connectivity index (χ0v) is 13.3. The van der Waals surface area contributed by atoms with Gasteiger partial charge in [0.2, 0.25) is 0 Å². The van der Waals surface area contributed by atoms with Gasteiger partial charge in [-0.1, -0.05) is 30.3 Å². The maximum Gasteiger partial charge on any atom is 0.255 e. The van der Waals surface area contributed by atoms with Gasteiger partial charge >= 0.3 is 0 Å². The van der Waals surface area contributed by atoms with Gasteiger partial charge < -0.3 is 15.4 Å². The zero-order valence-electron chi connectivity index (χ0n) is 13.3. The maximum absolute atomic E-state index is 12.6. The number of ether oxygens (including phenoxy) is 1. The van der Waals surface area contributed by atoms with Gasteiger partial charge in [0.15, 0.2) is 0 Å². The van der Waals surface area contributed by atoms with Crippen LogP contribution in [0.4, 0.5) is 0 Å². The van der Waals surface area contributed by atoms with E-state index in [9.17, 15) is 4.79 Å². The van der Waals surface area contributed by atoms with E-state index in [2.05, 4.69) is 17.6 Å². The fraction of sp³-hybridized carbons (Fsp3) is 0.316. The highest BCUT2D eigenvalue weighted by molar-refractivity contribution is 5.97. The Bertz CT molecular complexity index is 657. The molecule has 4 nitrogen and oxygen atoms in total. The average molecular weight is 310 g/mol. The second-order valence-corrected chi connectivity index (χ2v) is 5.96. The Morgan fingerprint density at radius 3 is 2.65 bits per heavy atom. The molecule has 2 unspecified atom stereocenters. The molecule has 1 saturated heterocycles. The molecule has 0 saturated carbocycles. The molecule has 23 heavy (non-hydrogen) atoms. The molecular weight excluding hydrogens is 288 g/mol. The molecule has 3 rings (SSSR count). The minimum absolute atomic E-state index is 0.0735. The van der Waals surface area contributed by atoms with Crippen molar-refractivity contribution in [2.75, 3.05) is 6.54 Å². The molecule has 1 aliphatic heterocycles. The van der Waals surface area contributed by atoms with Gasteiger partial charge in [0.25, 0.3) is 5.91 Å². The van der Waals surface area contributed by atoms with Crippen molar-refractivity contribution >= 4 is 5.91 Å². The van der Waals surface area contributed by atoms with Crippen LogP contribution in [0.15, 0.2) is 54.6 Å². The van der Waals surface area contributed by atoms with Gasteiger partial charge in [-0.15, -0.1) is 0 Å². The summed E-state index contributed by atoms with van der Waals surface area (Å²) in [6.45, 7) is 3.08. The Balaban J connectivity index is 1.73. The number of hydrogen-bond donors (Lipinski definition) is 2. The monoisotopic (exact) mass is 310 g/mol. The van der Waals surface area contributed by atoms with Crippen molar-refractivity contribution in [1.29, 1.82) is 0 Å². The number of hydrogen-bond acceptors (Lipinski definition) is 3. The van der Waals surface area contributed by atoms with Gasteiger partial charge in [-0.25, -0.2) is 0 Å². The number of benzene rings is 2. The van der Waals surface area contributed by atoms with E-state index in [0.717, 1.165) is 25.1 Å². The summed E-state index contributed by atoms with van der Waals surface area (Å²) in [5.41, 5.74) is 0.572. The van der Waals surface area contributed by atoms with Crippen LogP contribution in [0.2, 0.25) is 0 Å². The molecule has 1 heterocycles. The second-order valence-electron chi connectivity index (χ2n) is 5.96. The molecule has 0 radical (unpaired) electrons. The molecule has 1 aliphatic rings. The predicted molar refractivity (Wildman–Crippen MR) is 90.9 cm³/mol. The van der Waals surface area contributed by atoms with Crippen molar-refractivity contribution < 1.29 is 9.53 Å². The van der Waals surface area contributed by atoms with Crippen molar-refractivity contribution in [3.63, 3.8) is 0 Å². The van der Waals surface area contributed by atoms with Crippen LogP contribution >= 0.6 is 0 Å². The highest BCUT2D eigenvalue weighted by atomic mass is 16.5. The topological polar surface area (TPSA) is 50.4 Å². The van der Waals surface area contributed by atoms with E-state index in [1.54, 1.807) is 6.07 Å². The SMILES string of the molecule is CC1CC(NC(=O)c2ccccc2Oc2ccccc2)CCN1. The lowest BCUT2D eigenvalue weighted by Crippen LogP contribution is -2.46. The molecular formula is C19H22N2O2. The number of nitrogens with one attached hydrogen (secondary N) is 2. The van der Waals surface area contributed by atoms with Crippen molar-refractivity contribution in [2.24, 2.45) is 0 Å². The van der Waals surface area contributed by atoms with Crippen molar-refractivity contribution in [3.05, 3.63) is 60.2 Å². The quantitative estimate of drug-likeness (QED) is 0.910. The molecule has 2 aromatic carbocycles. The Labute approximate surface area is 136 Å². The van der Waals surface area contributed by atoms with E-state index in [-0.39, 0.29) is 11.9 Å². The first-order valence-corrected chi connectivity index (χ1v) is 8.08. The Morgan fingerprint density at radius 2 is 1.87 bits per heavy atom. The number of carbonyl (C=O) groups excluding carboxylic acids is 1. The Kier molecular flexibility index (Phi) is 4.93. The lowest BCUT2D eigenvalue weighted by atomic mass is 10.00. The van der Waals surface area contributed by atoms with Crippen molar-refractivity contribution in [3.8, 4) is 11.5 Å². The minimum Gasteiger partial charge on any atom is -0.457 e.